The van der Waals surface area contributed by atoms with Crippen molar-refractivity contribution in [3.8, 4) is 0 Å². The summed E-state index contributed by atoms with van der Waals surface area (Å²) in [4.78, 5) is 18.0. The lowest BCUT2D eigenvalue weighted by Crippen LogP contribution is -2.30. The van der Waals surface area contributed by atoms with E-state index in [1.165, 1.54) is 6.42 Å². The Morgan fingerprint density at radius 3 is 2.69 bits per heavy atom. The second kappa shape index (κ2) is 9.74. The Bertz CT molecular complexity index is 739. The average molecular weight is 392 g/mol. The Hall–Kier alpha value is -1.85. The number of hydrogen-bond donors (Lipinski definition) is 2. The summed E-state index contributed by atoms with van der Waals surface area (Å²) in [7, 11) is 0. The number of hydrogen-bond acceptors (Lipinski definition) is 3. The van der Waals surface area contributed by atoms with Crippen molar-refractivity contribution in [1.82, 2.24) is 5.32 Å². The third kappa shape index (κ3) is 5.58. The standard InChI is InChI=1S/C20H25N3OS.ClH/c1-14(2)22-19(18-10-5-11-25-18)21-13-15-6-3-9-17(12-15)23-20(24)16-7-4-8-16;/h3,5-6,9-12,14,16H,4,7-8,13H2,1-2H3,(H,21,22)(H,23,24);1H. The van der Waals surface area contributed by atoms with E-state index in [1.54, 1.807) is 11.3 Å². The molecule has 1 aromatic carbocycles. The third-order valence-corrected chi connectivity index (χ3v) is 5.15. The van der Waals surface area contributed by atoms with E-state index in [9.17, 15) is 4.79 Å². The summed E-state index contributed by atoms with van der Waals surface area (Å²) < 4.78 is 0. The van der Waals surface area contributed by atoms with Gasteiger partial charge >= 0.3 is 0 Å². The molecule has 26 heavy (non-hydrogen) atoms. The van der Waals surface area contributed by atoms with Gasteiger partial charge in [0.05, 0.1) is 11.4 Å². The maximum atomic E-state index is 12.1. The molecule has 1 fully saturated rings. The van der Waals surface area contributed by atoms with Gasteiger partial charge in [-0.05, 0) is 55.8 Å². The Kier molecular flexibility index (Phi) is 7.66. The first-order valence-electron chi connectivity index (χ1n) is 8.86. The molecule has 0 aliphatic heterocycles. The van der Waals surface area contributed by atoms with Crippen LogP contribution < -0.4 is 10.6 Å². The van der Waals surface area contributed by atoms with Gasteiger partial charge in [0, 0.05) is 17.6 Å². The van der Waals surface area contributed by atoms with Gasteiger partial charge in [-0.2, -0.15) is 0 Å². The lowest BCUT2D eigenvalue weighted by Gasteiger charge is -2.24. The lowest BCUT2D eigenvalue weighted by atomic mass is 9.85. The van der Waals surface area contributed by atoms with Crippen molar-refractivity contribution in [2.45, 2.75) is 45.7 Å². The first-order chi connectivity index (χ1) is 12.1. The molecule has 1 saturated carbocycles. The Morgan fingerprint density at radius 1 is 1.27 bits per heavy atom. The van der Waals surface area contributed by atoms with Crippen LogP contribution in [0.2, 0.25) is 0 Å². The molecule has 2 N–H and O–H groups in total. The van der Waals surface area contributed by atoms with Gasteiger partial charge in [0.1, 0.15) is 5.84 Å². The molecule has 1 heterocycles. The predicted octanol–water partition coefficient (Wildman–Crippen LogP) is 4.85. The van der Waals surface area contributed by atoms with E-state index >= 15 is 0 Å². The lowest BCUT2D eigenvalue weighted by molar-refractivity contribution is -0.122. The predicted molar refractivity (Wildman–Crippen MR) is 112 cm³/mol. The van der Waals surface area contributed by atoms with E-state index in [-0.39, 0.29) is 24.2 Å². The Balaban J connectivity index is 0.00000243. The van der Waals surface area contributed by atoms with Crippen molar-refractivity contribution in [1.29, 1.82) is 0 Å². The number of nitrogens with zero attached hydrogens (tertiary/aromatic N) is 1. The largest absolute Gasteiger partial charge is 0.367 e. The van der Waals surface area contributed by atoms with Crippen molar-refractivity contribution >= 4 is 41.2 Å². The molecule has 1 aliphatic rings. The number of amidine groups is 1. The SMILES string of the molecule is CC(C)NC(=NCc1cccc(NC(=O)C2CCC2)c1)c1cccs1.Cl. The molecule has 1 aliphatic carbocycles. The van der Waals surface area contributed by atoms with Gasteiger partial charge in [0.25, 0.3) is 0 Å². The Labute approximate surface area is 165 Å². The number of rotatable bonds is 6. The van der Waals surface area contributed by atoms with Crippen LogP contribution in [0.25, 0.3) is 0 Å². The molecule has 1 amide bonds. The first-order valence-corrected chi connectivity index (χ1v) is 9.74. The fraction of sp³-hybridized carbons (Fsp3) is 0.400. The van der Waals surface area contributed by atoms with E-state index in [1.807, 2.05) is 30.3 Å². The number of carbonyl (C=O) groups is 1. The van der Waals surface area contributed by atoms with Crippen LogP contribution in [0.15, 0.2) is 46.8 Å². The van der Waals surface area contributed by atoms with Crippen LogP contribution in [-0.2, 0) is 11.3 Å². The molecule has 2 aromatic rings. The highest BCUT2D eigenvalue weighted by Gasteiger charge is 2.25. The maximum absolute atomic E-state index is 12.1. The van der Waals surface area contributed by atoms with Crippen molar-refractivity contribution in [2.24, 2.45) is 10.9 Å². The second-order valence-electron chi connectivity index (χ2n) is 6.76. The molecular weight excluding hydrogens is 366 g/mol. The Morgan fingerprint density at radius 2 is 2.08 bits per heavy atom. The summed E-state index contributed by atoms with van der Waals surface area (Å²) in [6.07, 6.45) is 3.20. The van der Waals surface area contributed by atoms with Crippen LogP contribution in [0.4, 0.5) is 5.69 Å². The minimum absolute atomic E-state index is 0. The maximum Gasteiger partial charge on any atom is 0.227 e. The topological polar surface area (TPSA) is 53.5 Å². The van der Waals surface area contributed by atoms with Gasteiger partial charge in [-0.25, -0.2) is 0 Å². The van der Waals surface area contributed by atoms with Crippen LogP contribution in [0.5, 0.6) is 0 Å². The van der Waals surface area contributed by atoms with Crippen LogP contribution in [0, 0.1) is 5.92 Å². The molecule has 0 radical (unpaired) electrons. The zero-order chi connectivity index (χ0) is 17.6. The van der Waals surface area contributed by atoms with Crippen molar-refractivity contribution in [3.05, 3.63) is 52.2 Å². The molecule has 4 nitrogen and oxygen atoms in total. The summed E-state index contributed by atoms with van der Waals surface area (Å²) >= 11 is 1.68. The number of halogens is 1. The molecular formula is C20H26ClN3OS. The zero-order valence-electron chi connectivity index (χ0n) is 15.2. The van der Waals surface area contributed by atoms with E-state index < -0.39 is 0 Å². The van der Waals surface area contributed by atoms with Crippen LogP contribution in [0.1, 0.15) is 43.6 Å². The van der Waals surface area contributed by atoms with Gasteiger partial charge in [0.2, 0.25) is 5.91 Å². The molecule has 0 spiro atoms. The number of carbonyl (C=O) groups excluding carboxylic acids is 1. The van der Waals surface area contributed by atoms with Crippen LogP contribution in [-0.4, -0.2) is 17.8 Å². The van der Waals surface area contributed by atoms with Gasteiger partial charge in [-0.15, -0.1) is 23.7 Å². The molecule has 0 bridgehead atoms. The smallest absolute Gasteiger partial charge is 0.227 e. The van der Waals surface area contributed by atoms with Gasteiger partial charge < -0.3 is 10.6 Å². The quantitative estimate of drug-likeness (QED) is 0.546. The summed E-state index contributed by atoms with van der Waals surface area (Å²) in [6.45, 7) is 4.81. The van der Waals surface area contributed by atoms with Crippen LogP contribution in [0.3, 0.4) is 0 Å². The van der Waals surface area contributed by atoms with Gasteiger partial charge in [-0.3, -0.25) is 9.79 Å². The minimum atomic E-state index is 0. The highest BCUT2D eigenvalue weighted by molar-refractivity contribution is 7.12. The minimum Gasteiger partial charge on any atom is -0.367 e. The molecule has 0 saturated heterocycles. The summed E-state index contributed by atoms with van der Waals surface area (Å²) in [6, 6.07) is 12.4. The zero-order valence-corrected chi connectivity index (χ0v) is 16.8. The molecule has 3 rings (SSSR count). The molecule has 0 unspecified atom stereocenters. The molecule has 140 valence electrons. The van der Waals surface area contributed by atoms with E-state index in [0.717, 1.165) is 34.8 Å². The average Bonchev–Trinajstić information content (AvgIpc) is 3.04. The molecule has 0 atom stereocenters. The number of aliphatic imine (C=N–C) groups is 1. The summed E-state index contributed by atoms with van der Waals surface area (Å²) in [5.41, 5.74) is 1.95. The van der Waals surface area contributed by atoms with Crippen molar-refractivity contribution in [3.63, 3.8) is 0 Å². The number of anilines is 1. The van der Waals surface area contributed by atoms with E-state index in [0.29, 0.717) is 12.6 Å². The fourth-order valence-electron chi connectivity index (χ4n) is 2.71. The number of thiophene rings is 1. The van der Waals surface area contributed by atoms with E-state index in [4.69, 9.17) is 4.99 Å². The third-order valence-electron chi connectivity index (χ3n) is 4.27. The highest BCUT2D eigenvalue weighted by Crippen LogP contribution is 2.27. The monoisotopic (exact) mass is 391 g/mol. The number of amides is 1. The number of nitrogens with one attached hydrogen (secondary N) is 2. The first kappa shape index (κ1) is 20.5. The van der Waals surface area contributed by atoms with Gasteiger partial charge in [0.15, 0.2) is 0 Å². The summed E-state index contributed by atoms with van der Waals surface area (Å²) in [5, 5.41) is 8.51. The summed E-state index contributed by atoms with van der Waals surface area (Å²) in [5.74, 6) is 1.27. The van der Waals surface area contributed by atoms with Crippen molar-refractivity contribution in [2.75, 3.05) is 5.32 Å². The van der Waals surface area contributed by atoms with Crippen LogP contribution >= 0.6 is 23.7 Å². The second-order valence-corrected chi connectivity index (χ2v) is 7.71. The van der Waals surface area contributed by atoms with Crippen molar-refractivity contribution < 1.29 is 4.79 Å². The van der Waals surface area contributed by atoms with E-state index in [2.05, 4.69) is 35.9 Å². The molecule has 6 heteroatoms. The highest BCUT2D eigenvalue weighted by atomic mass is 35.5. The van der Waals surface area contributed by atoms with Gasteiger partial charge in [-0.1, -0.05) is 24.6 Å². The number of benzene rings is 1. The normalized spacial score (nSPS) is 14.5. The molecule has 1 aromatic heterocycles. The fourth-order valence-corrected chi connectivity index (χ4v) is 3.41.